The number of aromatic nitrogens is 3. The first-order valence-corrected chi connectivity index (χ1v) is 10.3. The molecule has 162 valence electrons. The number of nitriles is 1. The van der Waals surface area contributed by atoms with E-state index in [4.69, 9.17) is 0 Å². The minimum atomic E-state index is -2.94. The van der Waals surface area contributed by atoms with Gasteiger partial charge in [-0.25, -0.2) is 4.79 Å². The molecule has 1 saturated heterocycles. The van der Waals surface area contributed by atoms with E-state index >= 15 is 0 Å². The van der Waals surface area contributed by atoms with Gasteiger partial charge in [-0.15, -0.1) is 0 Å². The molecule has 0 bridgehead atoms. The summed E-state index contributed by atoms with van der Waals surface area (Å²) in [7, 11) is 0. The largest absolute Gasteiger partial charge is 0.435 e. The number of anilines is 1. The van der Waals surface area contributed by atoms with Crippen molar-refractivity contribution >= 4 is 27.6 Å². The average molecular weight is 435 g/mol. The van der Waals surface area contributed by atoms with Gasteiger partial charge in [0.15, 0.2) is 0 Å². The van der Waals surface area contributed by atoms with Gasteiger partial charge in [0.2, 0.25) is 0 Å². The van der Waals surface area contributed by atoms with Gasteiger partial charge in [0.25, 0.3) is 0 Å². The summed E-state index contributed by atoms with van der Waals surface area (Å²) in [6.45, 7) is -1.73. The summed E-state index contributed by atoms with van der Waals surface area (Å²) in [6.07, 6.45) is 2.90. The van der Waals surface area contributed by atoms with Gasteiger partial charge in [-0.05, 0) is 43.2 Å². The lowest BCUT2D eigenvalue weighted by Gasteiger charge is -2.35. The predicted molar refractivity (Wildman–Crippen MR) is 116 cm³/mol. The fraction of sp³-hybridized carbons (Fsp3) is 0.261. The molecule has 1 fully saturated rings. The number of pyridine rings is 1. The van der Waals surface area contributed by atoms with Crippen LogP contribution in [0, 0.1) is 11.3 Å². The van der Waals surface area contributed by atoms with E-state index in [1.54, 1.807) is 10.6 Å². The molecule has 9 heteroatoms. The SMILES string of the molecule is N#Cc1cnc2ccc(OC(F)F)cc2c1N1CCC(n2c(=O)[nH]c3ccccc32)CC1. The lowest BCUT2D eigenvalue weighted by molar-refractivity contribution is -0.0497. The van der Waals surface area contributed by atoms with Crippen molar-refractivity contribution in [2.75, 3.05) is 18.0 Å². The zero-order valence-electron chi connectivity index (χ0n) is 17.0. The maximum atomic E-state index is 12.7. The molecule has 0 aliphatic carbocycles. The van der Waals surface area contributed by atoms with Gasteiger partial charge in [-0.2, -0.15) is 14.0 Å². The highest BCUT2D eigenvalue weighted by Gasteiger charge is 2.26. The number of ether oxygens (including phenoxy) is 1. The molecule has 5 rings (SSSR count). The van der Waals surface area contributed by atoms with E-state index < -0.39 is 6.61 Å². The minimum absolute atomic E-state index is 0.0193. The number of fused-ring (bicyclic) bond motifs is 2. The number of imidazole rings is 1. The molecule has 2 aromatic carbocycles. The van der Waals surface area contributed by atoms with Crippen molar-refractivity contribution in [2.45, 2.75) is 25.5 Å². The maximum absolute atomic E-state index is 12.7. The van der Waals surface area contributed by atoms with Gasteiger partial charge in [0.1, 0.15) is 11.8 Å². The van der Waals surface area contributed by atoms with Crippen molar-refractivity contribution in [3.63, 3.8) is 0 Å². The number of alkyl halides is 2. The summed E-state index contributed by atoms with van der Waals surface area (Å²) >= 11 is 0. The number of benzene rings is 2. The third-order valence-electron chi connectivity index (χ3n) is 5.93. The molecule has 0 amide bonds. The van der Waals surface area contributed by atoms with E-state index in [0.29, 0.717) is 48.1 Å². The Kier molecular flexibility index (Phi) is 4.98. The fourth-order valence-electron chi connectivity index (χ4n) is 4.54. The number of halogens is 2. The first kappa shape index (κ1) is 20.0. The third-order valence-corrected chi connectivity index (χ3v) is 5.93. The van der Waals surface area contributed by atoms with Crippen LogP contribution in [0.2, 0.25) is 0 Å². The Bertz CT molecular complexity index is 1400. The zero-order valence-corrected chi connectivity index (χ0v) is 17.0. The molecule has 7 nitrogen and oxygen atoms in total. The Hall–Kier alpha value is -3.93. The van der Waals surface area contributed by atoms with E-state index in [1.807, 2.05) is 24.3 Å². The van der Waals surface area contributed by atoms with Crippen LogP contribution in [0.15, 0.2) is 53.5 Å². The highest BCUT2D eigenvalue weighted by atomic mass is 19.3. The van der Waals surface area contributed by atoms with Gasteiger partial charge in [-0.3, -0.25) is 9.55 Å². The summed E-state index contributed by atoms with van der Waals surface area (Å²) in [5.41, 5.74) is 3.16. The molecule has 0 spiro atoms. The number of H-pyrrole nitrogens is 1. The number of piperidine rings is 1. The minimum Gasteiger partial charge on any atom is -0.435 e. The average Bonchev–Trinajstić information content (AvgIpc) is 3.13. The van der Waals surface area contributed by atoms with Crippen LogP contribution in [0.25, 0.3) is 21.9 Å². The quantitative estimate of drug-likeness (QED) is 0.519. The van der Waals surface area contributed by atoms with Crippen molar-refractivity contribution in [1.29, 1.82) is 5.26 Å². The second kappa shape index (κ2) is 7.96. The third kappa shape index (κ3) is 3.43. The van der Waals surface area contributed by atoms with Crippen molar-refractivity contribution in [3.8, 4) is 11.8 Å². The number of nitrogens with zero attached hydrogens (tertiary/aromatic N) is 4. The standard InChI is InChI=1S/C23H19F2N5O2/c24-22(25)32-16-5-6-18-17(11-16)21(14(12-26)13-27-18)29-9-7-15(8-10-29)30-20-4-2-1-3-19(20)28-23(30)31/h1-6,11,13,15,22H,7-10H2,(H,28,31). The molecule has 1 N–H and O–H groups in total. The maximum Gasteiger partial charge on any atom is 0.387 e. The van der Waals surface area contributed by atoms with Gasteiger partial charge < -0.3 is 14.6 Å². The number of para-hydroxylation sites is 2. The topological polar surface area (TPSA) is 86.9 Å². The number of hydrogen-bond donors (Lipinski definition) is 1. The van der Waals surface area contributed by atoms with E-state index in [1.165, 1.54) is 18.3 Å². The van der Waals surface area contributed by atoms with Crippen molar-refractivity contribution in [2.24, 2.45) is 0 Å². The second-order valence-electron chi connectivity index (χ2n) is 7.73. The molecule has 1 aliphatic heterocycles. The van der Waals surface area contributed by atoms with E-state index in [-0.39, 0.29) is 17.5 Å². The van der Waals surface area contributed by atoms with E-state index in [0.717, 1.165) is 11.0 Å². The van der Waals surface area contributed by atoms with Crippen LogP contribution in [-0.4, -0.2) is 34.2 Å². The van der Waals surface area contributed by atoms with Crippen LogP contribution in [-0.2, 0) is 0 Å². The molecule has 0 atom stereocenters. The van der Waals surface area contributed by atoms with Crippen molar-refractivity contribution in [1.82, 2.24) is 14.5 Å². The smallest absolute Gasteiger partial charge is 0.387 e. The van der Waals surface area contributed by atoms with E-state index in [2.05, 4.69) is 25.7 Å². The number of aromatic amines is 1. The molecule has 0 unspecified atom stereocenters. The Morgan fingerprint density at radius 2 is 1.97 bits per heavy atom. The van der Waals surface area contributed by atoms with Crippen LogP contribution in [0.4, 0.5) is 14.5 Å². The van der Waals surface area contributed by atoms with Crippen molar-refractivity contribution in [3.05, 3.63) is 64.7 Å². The molecule has 3 heterocycles. The van der Waals surface area contributed by atoms with Gasteiger partial charge in [-0.1, -0.05) is 12.1 Å². The molecule has 0 saturated carbocycles. The summed E-state index contributed by atoms with van der Waals surface area (Å²) in [5.74, 6) is 0.0193. The normalized spacial score (nSPS) is 14.9. The highest BCUT2D eigenvalue weighted by Crippen LogP contribution is 2.35. The Labute approximate surface area is 181 Å². The van der Waals surface area contributed by atoms with Gasteiger partial charge >= 0.3 is 12.3 Å². The summed E-state index contributed by atoms with van der Waals surface area (Å²) in [4.78, 5) is 21.8. The predicted octanol–water partition coefficient (Wildman–Crippen LogP) is 4.19. The molecular weight excluding hydrogens is 416 g/mol. The second-order valence-corrected chi connectivity index (χ2v) is 7.73. The fourth-order valence-corrected chi connectivity index (χ4v) is 4.54. The lowest BCUT2D eigenvalue weighted by Crippen LogP contribution is -2.37. The molecule has 32 heavy (non-hydrogen) atoms. The van der Waals surface area contributed by atoms with Crippen LogP contribution in [0.3, 0.4) is 0 Å². The summed E-state index contributed by atoms with van der Waals surface area (Å²) < 4.78 is 31.8. The van der Waals surface area contributed by atoms with Crippen LogP contribution in [0.1, 0.15) is 24.4 Å². The van der Waals surface area contributed by atoms with Gasteiger partial charge in [0, 0.05) is 30.7 Å². The Morgan fingerprint density at radius 3 is 2.72 bits per heavy atom. The Balaban J connectivity index is 1.48. The zero-order chi connectivity index (χ0) is 22.2. The molecule has 1 aliphatic rings. The molecule has 2 aromatic heterocycles. The monoisotopic (exact) mass is 435 g/mol. The molecule has 4 aromatic rings. The lowest BCUT2D eigenvalue weighted by atomic mass is 10.0. The first-order valence-electron chi connectivity index (χ1n) is 10.3. The van der Waals surface area contributed by atoms with Gasteiger partial charge in [0.05, 0.1) is 27.8 Å². The van der Waals surface area contributed by atoms with Crippen LogP contribution < -0.4 is 15.3 Å². The van der Waals surface area contributed by atoms with Crippen LogP contribution >= 0.6 is 0 Å². The molecular formula is C23H19F2N5O2. The van der Waals surface area contributed by atoms with E-state index in [9.17, 15) is 18.8 Å². The highest BCUT2D eigenvalue weighted by molar-refractivity contribution is 5.95. The first-order chi connectivity index (χ1) is 15.5. The Morgan fingerprint density at radius 1 is 1.19 bits per heavy atom. The summed E-state index contributed by atoms with van der Waals surface area (Å²) in [6, 6.07) is 14.3. The van der Waals surface area contributed by atoms with Crippen molar-refractivity contribution < 1.29 is 13.5 Å². The number of nitrogens with one attached hydrogen (secondary N) is 1. The van der Waals surface area contributed by atoms with Crippen LogP contribution in [0.5, 0.6) is 5.75 Å². The molecule has 0 radical (unpaired) electrons. The summed E-state index contributed by atoms with van der Waals surface area (Å²) in [5, 5.41) is 10.3. The number of hydrogen-bond acceptors (Lipinski definition) is 5. The number of rotatable bonds is 4.